The minimum atomic E-state index is -2.83. The highest BCUT2D eigenvalue weighted by atomic mass is 32.1. The summed E-state index contributed by atoms with van der Waals surface area (Å²) in [5.41, 5.74) is 1.42. The van der Waals surface area contributed by atoms with E-state index in [0.29, 0.717) is 12.1 Å². The zero-order valence-electron chi connectivity index (χ0n) is 9.81. The molecule has 100 valence electrons. The number of halogens is 2. The molecule has 0 aliphatic heterocycles. The molecule has 0 spiro atoms. The monoisotopic (exact) mass is 283 g/mol. The number of rotatable bonds is 5. The van der Waals surface area contributed by atoms with Gasteiger partial charge in [0.2, 0.25) is 0 Å². The average molecular weight is 283 g/mol. The van der Waals surface area contributed by atoms with Crippen molar-refractivity contribution in [3.8, 4) is 5.75 Å². The lowest BCUT2D eigenvalue weighted by molar-refractivity contribution is -0.0498. The number of alkyl halides is 2. The van der Waals surface area contributed by atoms with E-state index < -0.39 is 6.61 Å². The van der Waals surface area contributed by atoms with Gasteiger partial charge in [0.1, 0.15) is 5.75 Å². The van der Waals surface area contributed by atoms with E-state index in [0.717, 1.165) is 5.56 Å². The lowest BCUT2D eigenvalue weighted by Gasteiger charge is -2.06. The maximum atomic E-state index is 12.0. The van der Waals surface area contributed by atoms with E-state index in [2.05, 4.69) is 10.1 Å². The highest BCUT2D eigenvalue weighted by Gasteiger charge is 2.06. The van der Waals surface area contributed by atoms with Crippen LogP contribution in [0, 0.1) is 0 Å². The molecule has 0 aliphatic carbocycles. The zero-order chi connectivity index (χ0) is 13.7. The zero-order valence-corrected chi connectivity index (χ0v) is 10.6. The van der Waals surface area contributed by atoms with Crippen molar-refractivity contribution in [3.63, 3.8) is 0 Å². The van der Waals surface area contributed by atoms with Crippen LogP contribution < -0.4 is 10.1 Å². The Labute approximate surface area is 112 Å². The molecule has 1 amide bonds. The molecule has 2 aromatic rings. The number of hydrogen-bond donors (Lipinski definition) is 1. The topological polar surface area (TPSA) is 38.3 Å². The van der Waals surface area contributed by atoms with E-state index in [1.807, 2.05) is 5.38 Å². The molecule has 0 unspecified atom stereocenters. The van der Waals surface area contributed by atoms with Crippen LogP contribution in [-0.2, 0) is 6.54 Å². The number of thiophene rings is 1. The fourth-order valence-electron chi connectivity index (χ4n) is 1.47. The van der Waals surface area contributed by atoms with Crippen LogP contribution in [0.2, 0.25) is 0 Å². The third kappa shape index (κ3) is 4.03. The third-order valence-corrected chi connectivity index (χ3v) is 3.07. The van der Waals surface area contributed by atoms with Crippen LogP contribution in [-0.4, -0.2) is 12.5 Å². The van der Waals surface area contributed by atoms with Crippen molar-refractivity contribution in [3.05, 3.63) is 52.2 Å². The SMILES string of the molecule is O=C(NCc1ccc(OC(F)F)cc1)c1ccsc1. The summed E-state index contributed by atoms with van der Waals surface area (Å²) in [6.45, 7) is -2.49. The first-order valence-corrected chi connectivity index (χ1v) is 6.43. The van der Waals surface area contributed by atoms with Gasteiger partial charge in [-0.05, 0) is 29.1 Å². The van der Waals surface area contributed by atoms with Crippen molar-refractivity contribution in [1.82, 2.24) is 5.32 Å². The summed E-state index contributed by atoms with van der Waals surface area (Å²) in [5.74, 6) is -0.0583. The van der Waals surface area contributed by atoms with Crippen LogP contribution in [0.4, 0.5) is 8.78 Å². The molecule has 1 aromatic heterocycles. The van der Waals surface area contributed by atoms with Gasteiger partial charge in [-0.3, -0.25) is 4.79 Å². The lowest BCUT2D eigenvalue weighted by Crippen LogP contribution is -2.22. The Hall–Kier alpha value is -1.95. The van der Waals surface area contributed by atoms with Crippen LogP contribution in [0.25, 0.3) is 0 Å². The molecule has 3 nitrogen and oxygen atoms in total. The quantitative estimate of drug-likeness (QED) is 0.914. The first-order chi connectivity index (χ1) is 9.15. The Balaban J connectivity index is 1.88. The van der Waals surface area contributed by atoms with Crippen LogP contribution in [0.3, 0.4) is 0 Å². The standard InChI is InChI=1S/C13H11F2NO2S/c14-13(15)18-11-3-1-9(2-4-11)7-16-12(17)10-5-6-19-8-10/h1-6,8,13H,7H2,(H,16,17). The van der Waals surface area contributed by atoms with Gasteiger partial charge in [0, 0.05) is 17.5 Å². The molecule has 1 heterocycles. The number of ether oxygens (including phenoxy) is 1. The maximum absolute atomic E-state index is 12.0. The van der Waals surface area contributed by atoms with Gasteiger partial charge < -0.3 is 10.1 Å². The van der Waals surface area contributed by atoms with Gasteiger partial charge in [-0.2, -0.15) is 20.1 Å². The van der Waals surface area contributed by atoms with Crippen LogP contribution >= 0.6 is 11.3 Å². The molecule has 6 heteroatoms. The van der Waals surface area contributed by atoms with Crippen molar-refractivity contribution < 1.29 is 18.3 Å². The number of hydrogen-bond acceptors (Lipinski definition) is 3. The molecule has 0 fully saturated rings. The summed E-state index contributed by atoms with van der Waals surface area (Å²) < 4.78 is 28.1. The molecular weight excluding hydrogens is 272 g/mol. The van der Waals surface area contributed by atoms with Crippen molar-refractivity contribution in [2.24, 2.45) is 0 Å². The number of carbonyl (C=O) groups is 1. The molecule has 0 saturated carbocycles. The van der Waals surface area contributed by atoms with E-state index in [1.165, 1.54) is 23.5 Å². The maximum Gasteiger partial charge on any atom is 0.387 e. The molecule has 0 aliphatic rings. The molecule has 19 heavy (non-hydrogen) atoms. The smallest absolute Gasteiger partial charge is 0.387 e. The minimum absolute atomic E-state index is 0.0999. The van der Waals surface area contributed by atoms with Gasteiger partial charge in [0.05, 0.1) is 0 Å². The lowest BCUT2D eigenvalue weighted by atomic mass is 10.2. The van der Waals surface area contributed by atoms with E-state index in [-0.39, 0.29) is 11.7 Å². The molecule has 1 N–H and O–H groups in total. The normalized spacial score (nSPS) is 10.5. The molecule has 0 bridgehead atoms. The van der Waals surface area contributed by atoms with E-state index in [1.54, 1.807) is 23.6 Å². The summed E-state index contributed by atoms with van der Waals surface area (Å²) in [7, 11) is 0. The van der Waals surface area contributed by atoms with E-state index in [9.17, 15) is 13.6 Å². The highest BCUT2D eigenvalue weighted by molar-refractivity contribution is 7.08. The predicted octanol–water partition coefficient (Wildman–Crippen LogP) is 3.28. The molecule has 0 saturated heterocycles. The van der Waals surface area contributed by atoms with Gasteiger partial charge in [-0.1, -0.05) is 12.1 Å². The first kappa shape index (κ1) is 13.5. The van der Waals surface area contributed by atoms with Crippen LogP contribution in [0.1, 0.15) is 15.9 Å². The summed E-state index contributed by atoms with van der Waals surface area (Å²) in [4.78, 5) is 11.7. The number of amides is 1. The van der Waals surface area contributed by atoms with E-state index in [4.69, 9.17) is 0 Å². The van der Waals surface area contributed by atoms with Crippen molar-refractivity contribution >= 4 is 17.2 Å². The fourth-order valence-corrected chi connectivity index (χ4v) is 2.10. The summed E-state index contributed by atoms with van der Waals surface area (Å²) >= 11 is 1.45. The van der Waals surface area contributed by atoms with Gasteiger partial charge in [0.15, 0.2) is 0 Å². The molecule has 2 rings (SSSR count). The molecule has 1 aromatic carbocycles. The van der Waals surface area contributed by atoms with Crippen molar-refractivity contribution in [2.45, 2.75) is 13.2 Å². The Bertz CT molecular complexity index is 526. The second kappa shape index (κ2) is 6.29. The summed E-state index contributed by atoms with van der Waals surface area (Å²) in [6, 6.07) is 7.88. The van der Waals surface area contributed by atoms with Crippen molar-refractivity contribution in [1.29, 1.82) is 0 Å². The number of benzene rings is 1. The van der Waals surface area contributed by atoms with Gasteiger partial charge in [-0.15, -0.1) is 0 Å². The minimum Gasteiger partial charge on any atom is -0.435 e. The Morgan fingerprint density at radius 1 is 1.26 bits per heavy atom. The largest absolute Gasteiger partial charge is 0.435 e. The average Bonchev–Trinajstić information content (AvgIpc) is 2.91. The van der Waals surface area contributed by atoms with Crippen molar-refractivity contribution in [2.75, 3.05) is 0 Å². The van der Waals surface area contributed by atoms with Gasteiger partial charge in [-0.25, -0.2) is 0 Å². The highest BCUT2D eigenvalue weighted by Crippen LogP contribution is 2.15. The predicted molar refractivity (Wildman–Crippen MR) is 68.6 cm³/mol. The van der Waals surface area contributed by atoms with Crippen LogP contribution in [0.15, 0.2) is 41.1 Å². The molecule has 0 atom stereocenters. The number of carbonyl (C=O) groups excluding carboxylic acids is 1. The Kier molecular flexibility index (Phi) is 4.46. The van der Waals surface area contributed by atoms with E-state index >= 15 is 0 Å². The van der Waals surface area contributed by atoms with Gasteiger partial charge in [0.25, 0.3) is 5.91 Å². The molecular formula is C13H11F2NO2S. The second-order valence-electron chi connectivity index (χ2n) is 3.72. The summed E-state index contributed by atoms with van der Waals surface area (Å²) in [6.07, 6.45) is 0. The first-order valence-electron chi connectivity index (χ1n) is 5.49. The Morgan fingerprint density at radius 3 is 2.58 bits per heavy atom. The fraction of sp³-hybridized carbons (Fsp3) is 0.154. The molecule has 0 radical (unpaired) electrons. The second-order valence-corrected chi connectivity index (χ2v) is 4.50. The van der Waals surface area contributed by atoms with Crippen LogP contribution in [0.5, 0.6) is 5.75 Å². The third-order valence-electron chi connectivity index (χ3n) is 2.38. The Morgan fingerprint density at radius 2 is 2.00 bits per heavy atom. The summed E-state index contributed by atoms with van der Waals surface area (Å²) in [5, 5.41) is 6.32. The number of nitrogens with one attached hydrogen (secondary N) is 1. The van der Waals surface area contributed by atoms with Gasteiger partial charge >= 0.3 is 6.61 Å².